The molecule has 0 radical (unpaired) electrons. The molecule has 1 aromatic carbocycles. The van der Waals surface area contributed by atoms with Crippen LogP contribution in [0.3, 0.4) is 0 Å². The quantitative estimate of drug-likeness (QED) is 0.770. The Morgan fingerprint density at radius 2 is 1.80 bits per heavy atom. The van der Waals surface area contributed by atoms with Crippen LogP contribution in [0.1, 0.15) is 44.2 Å². The minimum absolute atomic E-state index is 0. The Balaban J connectivity index is 0.00000196. The number of benzene rings is 1. The van der Waals surface area contributed by atoms with E-state index in [1.807, 2.05) is 24.3 Å². The van der Waals surface area contributed by atoms with Crippen molar-refractivity contribution in [3.8, 4) is 0 Å². The van der Waals surface area contributed by atoms with E-state index in [-0.39, 0.29) is 18.4 Å². The zero-order valence-corrected chi connectivity index (χ0v) is 10.7. The van der Waals surface area contributed by atoms with Gasteiger partial charge in [-0.05, 0) is 24.1 Å². The Bertz CT molecular complexity index is 259. The molecule has 0 aliphatic carbocycles. The van der Waals surface area contributed by atoms with Crippen molar-refractivity contribution in [1.82, 2.24) is 0 Å². The maximum absolute atomic E-state index is 6.04. The monoisotopic (exact) mass is 247 g/mol. The molecule has 0 fully saturated rings. The van der Waals surface area contributed by atoms with Gasteiger partial charge in [-0.1, -0.05) is 49.9 Å². The molecule has 1 rings (SSSR count). The summed E-state index contributed by atoms with van der Waals surface area (Å²) < 4.78 is 0. The molecule has 1 aromatic rings. The Kier molecular flexibility index (Phi) is 7.85. The average molecular weight is 248 g/mol. The van der Waals surface area contributed by atoms with Crippen LogP contribution in [-0.2, 0) is 0 Å². The van der Waals surface area contributed by atoms with Crippen molar-refractivity contribution in [3.63, 3.8) is 0 Å². The van der Waals surface area contributed by atoms with E-state index in [0.29, 0.717) is 0 Å². The van der Waals surface area contributed by atoms with E-state index < -0.39 is 0 Å². The van der Waals surface area contributed by atoms with Gasteiger partial charge in [-0.2, -0.15) is 0 Å². The fraction of sp³-hybridized carbons (Fsp3) is 0.500. The van der Waals surface area contributed by atoms with E-state index in [1.54, 1.807) is 0 Å². The number of halogens is 2. The van der Waals surface area contributed by atoms with Crippen LogP contribution in [0.15, 0.2) is 24.3 Å². The van der Waals surface area contributed by atoms with Gasteiger partial charge in [0, 0.05) is 11.1 Å². The maximum atomic E-state index is 6.04. The molecule has 1 nitrogen and oxygen atoms in total. The Morgan fingerprint density at radius 1 is 1.20 bits per heavy atom. The van der Waals surface area contributed by atoms with Crippen molar-refractivity contribution >= 4 is 24.0 Å². The molecule has 86 valence electrons. The molecular weight excluding hydrogens is 229 g/mol. The van der Waals surface area contributed by atoms with Crippen LogP contribution in [0.4, 0.5) is 0 Å². The first-order chi connectivity index (χ1) is 6.74. The fourth-order valence-corrected chi connectivity index (χ4v) is 1.62. The fourth-order valence-electron chi connectivity index (χ4n) is 1.49. The summed E-state index contributed by atoms with van der Waals surface area (Å²) in [4.78, 5) is 0. The van der Waals surface area contributed by atoms with Gasteiger partial charge in [0.15, 0.2) is 0 Å². The number of hydrogen-bond acceptors (Lipinski definition) is 1. The van der Waals surface area contributed by atoms with E-state index in [9.17, 15) is 0 Å². The van der Waals surface area contributed by atoms with Gasteiger partial charge in [0.25, 0.3) is 0 Å². The third kappa shape index (κ3) is 5.41. The van der Waals surface area contributed by atoms with Crippen LogP contribution in [-0.4, -0.2) is 0 Å². The van der Waals surface area contributed by atoms with Gasteiger partial charge < -0.3 is 5.73 Å². The lowest BCUT2D eigenvalue weighted by Gasteiger charge is -2.11. The summed E-state index contributed by atoms with van der Waals surface area (Å²) in [6.45, 7) is 2.20. The zero-order valence-electron chi connectivity index (χ0n) is 9.08. The molecule has 0 saturated carbocycles. The van der Waals surface area contributed by atoms with Gasteiger partial charge in [-0.3, -0.25) is 0 Å². The van der Waals surface area contributed by atoms with Crippen LogP contribution < -0.4 is 5.73 Å². The van der Waals surface area contributed by atoms with E-state index in [0.717, 1.165) is 11.4 Å². The average Bonchev–Trinajstić information content (AvgIpc) is 2.19. The molecular formula is C12H19Cl2N. The van der Waals surface area contributed by atoms with Gasteiger partial charge in [-0.25, -0.2) is 0 Å². The normalized spacial score (nSPS) is 11.9. The molecule has 0 aliphatic rings. The minimum atomic E-state index is 0. The van der Waals surface area contributed by atoms with Gasteiger partial charge in [0.2, 0.25) is 0 Å². The molecule has 1 atom stereocenters. The highest BCUT2D eigenvalue weighted by atomic mass is 35.5. The third-order valence-corrected chi connectivity index (χ3v) is 2.67. The topological polar surface area (TPSA) is 26.0 Å². The highest BCUT2D eigenvalue weighted by Crippen LogP contribution is 2.19. The molecule has 0 amide bonds. The third-order valence-electron chi connectivity index (χ3n) is 2.42. The summed E-state index contributed by atoms with van der Waals surface area (Å²) in [6, 6.07) is 7.99. The Morgan fingerprint density at radius 3 is 2.33 bits per heavy atom. The van der Waals surface area contributed by atoms with Crippen LogP contribution in [0.5, 0.6) is 0 Å². The molecule has 0 saturated heterocycles. The molecule has 2 N–H and O–H groups in total. The molecule has 0 spiro atoms. The van der Waals surface area contributed by atoms with Gasteiger partial charge in [-0.15, -0.1) is 12.4 Å². The molecule has 0 aromatic heterocycles. The summed E-state index contributed by atoms with van der Waals surface area (Å²) in [5, 5.41) is 0.773. The van der Waals surface area contributed by atoms with Crippen molar-refractivity contribution in [3.05, 3.63) is 34.9 Å². The van der Waals surface area contributed by atoms with E-state index in [1.165, 1.54) is 24.8 Å². The largest absolute Gasteiger partial charge is 0.324 e. The number of nitrogens with two attached hydrogens (primary N) is 1. The summed E-state index contributed by atoms with van der Waals surface area (Å²) in [6.07, 6.45) is 4.78. The van der Waals surface area contributed by atoms with E-state index >= 15 is 0 Å². The Hall–Kier alpha value is -0.240. The maximum Gasteiger partial charge on any atom is 0.0406 e. The molecule has 0 heterocycles. The van der Waals surface area contributed by atoms with E-state index in [2.05, 4.69) is 6.92 Å². The Labute approximate surface area is 103 Å². The lowest BCUT2D eigenvalue weighted by Crippen LogP contribution is -2.09. The van der Waals surface area contributed by atoms with Crippen molar-refractivity contribution < 1.29 is 0 Å². The predicted molar refractivity (Wildman–Crippen MR) is 69.8 cm³/mol. The second-order valence-corrected chi connectivity index (χ2v) is 4.09. The first-order valence-corrected chi connectivity index (χ1v) is 5.63. The molecule has 15 heavy (non-hydrogen) atoms. The van der Waals surface area contributed by atoms with E-state index in [4.69, 9.17) is 17.3 Å². The highest BCUT2D eigenvalue weighted by molar-refractivity contribution is 6.30. The molecule has 0 unspecified atom stereocenters. The van der Waals surface area contributed by atoms with Crippen molar-refractivity contribution in [2.45, 2.75) is 38.6 Å². The molecule has 0 bridgehead atoms. The molecule has 3 heteroatoms. The smallest absolute Gasteiger partial charge is 0.0406 e. The van der Waals surface area contributed by atoms with Crippen molar-refractivity contribution in [1.29, 1.82) is 0 Å². The second-order valence-electron chi connectivity index (χ2n) is 3.65. The summed E-state index contributed by atoms with van der Waals surface area (Å²) in [5.74, 6) is 0. The zero-order chi connectivity index (χ0) is 10.4. The minimum Gasteiger partial charge on any atom is -0.324 e. The van der Waals surface area contributed by atoms with Crippen molar-refractivity contribution in [2.75, 3.05) is 0 Å². The second kappa shape index (κ2) is 7.98. The first kappa shape index (κ1) is 14.8. The summed E-state index contributed by atoms with van der Waals surface area (Å²) >= 11 is 5.80. The van der Waals surface area contributed by atoms with Gasteiger partial charge >= 0.3 is 0 Å². The number of hydrogen-bond donors (Lipinski definition) is 1. The molecule has 0 aliphatic heterocycles. The SMILES string of the molecule is CCCCC[C@H](N)c1ccc(Cl)cc1.Cl. The van der Waals surface area contributed by atoms with Gasteiger partial charge in [0.05, 0.1) is 0 Å². The van der Waals surface area contributed by atoms with Crippen LogP contribution in [0.25, 0.3) is 0 Å². The van der Waals surface area contributed by atoms with Crippen LogP contribution in [0, 0.1) is 0 Å². The first-order valence-electron chi connectivity index (χ1n) is 5.25. The summed E-state index contributed by atoms with van der Waals surface area (Å²) in [7, 11) is 0. The lowest BCUT2D eigenvalue weighted by molar-refractivity contribution is 0.581. The number of rotatable bonds is 5. The summed E-state index contributed by atoms with van der Waals surface area (Å²) in [5.41, 5.74) is 7.23. The highest BCUT2D eigenvalue weighted by Gasteiger charge is 2.04. The lowest BCUT2D eigenvalue weighted by atomic mass is 10.0. The number of unbranched alkanes of at least 4 members (excludes halogenated alkanes) is 2. The predicted octanol–water partition coefficient (Wildman–Crippen LogP) is 4.34. The van der Waals surface area contributed by atoms with Crippen LogP contribution >= 0.6 is 24.0 Å². The standard InChI is InChI=1S/C12H18ClN.ClH/c1-2-3-4-5-12(14)10-6-8-11(13)9-7-10;/h6-9,12H,2-5,14H2,1H3;1H/t12-;/m0./s1. The van der Waals surface area contributed by atoms with Gasteiger partial charge in [0.1, 0.15) is 0 Å². The van der Waals surface area contributed by atoms with Crippen LogP contribution in [0.2, 0.25) is 5.02 Å². The van der Waals surface area contributed by atoms with Crippen molar-refractivity contribution in [2.24, 2.45) is 5.73 Å².